The Labute approximate surface area is 93.7 Å². The van der Waals surface area contributed by atoms with Crippen molar-refractivity contribution in [3.63, 3.8) is 0 Å². The quantitative estimate of drug-likeness (QED) is 0.787. The molecule has 4 nitrogen and oxygen atoms in total. The van der Waals surface area contributed by atoms with E-state index in [1.807, 2.05) is 13.0 Å². The molecule has 0 fully saturated rings. The molecule has 16 heavy (non-hydrogen) atoms. The van der Waals surface area contributed by atoms with Crippen LogP contribution in [0.2, 0.25) is 0 Å². The van der Waals surface area contributed by atoms with Gasteiger partial charge in [0.15, 0.2) is 0 Å². The maximum atomic E-state index is 11.2. The molecule has 1 heterocycles. The lowest BCUT2D eigenvalue weighted by atomic mass is 10.1. The van der Waals surface area contributed by atoms with E-state index in [-0.39, 0.29) is 4.90 Å². The lowest BCUT2D eigenvalue weighted by Crippen LogP contribution is -2.00. The van der Waals surface area contributed by atoms with Crippen molar-refractivity contribution in [1.82, 2.24) is 4.98 Å². The summed E-state index contributed by atoms with van der Waals surface area (Å²) in [5, 5.41) is 0. The summed E-state index contributed by atoms with van der Waals surface area (Å²) < 4.78 is 31.4. The van der Waals surface area contributed by atoms with E-state index in [2.05, 4.69) is 4.98 Å². The second-order valence-corrected chi connectivity index (χ2v) is 4.92. The highest BCUT2D eigenvalue weighted by Gasteiger charge is 2.16. The minimum atomic E-state index is -4.19. The monoisotopic (exact) mass is 237 g/mol. The van der Waals surface area contributed by atoms with E-state index in [0.29, 0.717) is 11.3 Å². The average Bonchev–Trinajstić information content (AvgIpc) is 2.64. The smallest absolute Gasteiger partial charge is 0.295 e. The number of nitrogens with one attached hydrogen (secondary N) is 1. The molecule has 0 saturated heterocycles. The molecule has 0 amide bonds. The Bertz CT molecular complexity index is 614. The normalized spacial score (nSPS) is 11.6. The van der Waals surface area contributed by atoms with Crippen molar-refractivity contribution in [3.05, 3.63) is 42.1 Å². The molecule has 0 spiro atoms. The Morgan fingerprint density at radius 2 is 1.81 bits per heavy atom. The number of hydrogen-bond acceptors (Lipinski definition) is 2. The molecule has 0 unspecified atom stereocenters. The Kier molecular flexibility index (Phi) is 2.57. The predicted molar refractivity (Wildman–Crippen MR) is 60.8 cm³/mol. The number of aryl methyl sites for hydroxylation is 1. The Morgan fingerprint density at radius 1 is 1.12 bits per heavy atom. The summed E-state index contributed by atoms with van der Waals surface area (Å²) in [5.74, 6) is 0. The Morgan fingerprint density at radius 3 is 2.38 bits per heavy atom. The summed E-state index contributed by atoms with van der Waals surface area (Å²) in [5.41, 5.74) is 2.07. The third kappa shape index (κ3) is 2.00. The molecule has 0 radical (unpaired) electrons. The minimum absolute atomic E-state index is 0.0862. The van der Waals surface area contributed by atoms with Gasteiger partial charge in [-0.3, -0.25) is 4.55 Å². The molecule has 0 saturated carbocycles. The lowest BCUT2D eigenvalue weighted by molar-refractivity contribution is 0.483. The van der Waals surface area contributed by atoms with Gasteiger partial charge in [-0.1, -0.05) is 18.2 Å². The van der Waals surface area contributed by atoms with Gasteiger partial charge in [0.2, 0.25) is 0 Å². The zero-order valence-electron chi connectivity index (χ0n) is 8.64. The van der Waals surface area contributed by atoms with Crippen molar-refractivity contribution >= 4 is 10.1 Å². The zero-order valence-corrected chi connectivity index (χ0v) is 9.45. The summed E-state index contributed by atoms with van der Waals surface area (Å²) in [4.78, 5) is 2.94. The molecule has 0 aliphatic carbocycles. The molecule has 5 heteroatoms. The molecule has 0 bridgehead atoms. The summed E-state index contributed by atoms with van der Waals surface area (Å²) in [7, 11) is -4.19. The summed E-state index contributed by atoms with van der Waals surface area (Å²) in [6, 6.07) is 9.94. The van der Waals surface area contributed by atoms with Gasteiger partial charge in [-0.05, 0) is 25.1 Å². The second-order valence-electron chi connectivity index (χ2n) is 3.53. The number of rotatable bonds is 2. The van der Waals surface area contributed by atoms with Crippen LogP contribution in [0.5, 0.6) is 0 Å². The molecule has 84 valence electrons. The summed E-state index contributed by atoms with van der Waals surface area (Å²) >= 11 is 0. The Hall–Kier alpha value is -1.59. The first kappa shape index (κ1) is 10.9. The van der Waals surface area contributed by atoms with Crippen molar-refractivity contribution in [2.45, 2.75) is 11.8 Å². The number of H-pyrrole nitrogens is 1. The van der Waals surface area contributed by atoms with Crippen LogP contribution in [0.15, 0.2) is 41.3 Å². The van der Waals surface area contributed by atoms with E-state index < -0.39 is 10.1 Å². The van der Waals surface area contributed by atoms with Crippen molar-refractivity contribution in [2.75, 3.05) is 0 Å². The fraction of sp³-hybridized carbons (Fsp3) is 0.0909. The predicted octanol–water partition coefficient (Wildman–Crippen LogP) is 2.24. The number of benzene rings is 1. The van der Waals surface area contributed by atoms with Crippen LogP contribution in [0.3, 0.4) is 0 Å². The van der Waals surface area contributed by atoms with Crippen molar-refractivity contribution in [3.8, 4) is 11.3 Å². The molecular weight excluding hydrogens is 226 g/mol. The van der Waals surface area contributed by atoms with Gasteiger partial charge in [-0.2, -0.15) is 8.42 Å². The van der Waals surface area contributed by atoms with Crippen LogP contribution in [0.1, 0.15) is 5.69 Å². The maximum Gasteiger partial charge on any atom is 0.295 e. The van der Waals surface area contributed by atoms with Crippen LogP contribution in [-0.4, -0.2) is 18.0 Å². The largest absolute Gasteiger partial charge is 0.359 e. The number of aromatic nitrogens is 1. The van der Waals surface area contributed by atoms with Crippen molar-refractivity contribution in [2.24, 2.45) is 0 Å². The summed E-state index contributed by atoms with van der Waals surface area (Å²) in [6.07, 6.45) is 0. The minimum Gasteiger partial charge on any atom is -0.359 e. The maximum absolute atomic E-state index is 11.2. The van der Waals surface area contributed by atoms with Gasteiger partial charge in [0.25, 0.3) is 10.1 Å². The molecule has 0 atom stereocenters. The van der Waals surface area contributed by atoms with E-state index in [0.717, 1.165) is 5.69 Å². The lowest BCUT2D eigenvalue weighted by Gasteiger charge is -2.04. The SMILES string of the molecule is Cc1ccc(-c2ccccc2S(=O)(=O)O)[nH]1. The van der Waals surface area contributed by atoms with Gasteiger partial charge in [0.1, 0.15) is 4.90 Å². The van der Waals surface area contributed by atoms with E-state index in [1.54, 1.807) is 24.3 Å². The van der Waals surface area contributed by atoms with Gasteiger partial charge in [0, 0.05) is 17.0 Å². The molecule has 2 rings (SSSR count). The summed E-state index contributed by atoms with van der Waals surface area (Å²) in [6.45, 7) is 1.87. The van der Waals surface area contributed by atoms with Crippen molar-refractivity contribution in [1.29, 1.82) is 0 Å². The van der Waals surface area contributed by atoms with Gasteiger partial charge < -0.3 is 4.98 Å². The third-order valence-electron chi connectivity index (χ3n) is 2.29. The number of aromatic amines is 1. The first-order valence-corrected chi connectivity index (χ1v) is 6.15. The molecular formula is C11H11NO3S. The first-order valence-electron chi connectivity index (χ1n) is 4.71. The standard InChI is InChI=1S/C11H11NO3S/c1-8-6-7-10(12-8)9-4-2-3-5-11(9)16(13,14)15/h2-7,12H,1H3,(H,13,14,15). The first-order chi connectivity index (χ1) is 7.48. The van der Waals surface area contributed by atoms with E-state index in [9.17, 15) is 8.42 Å². The van der Waals surface area contributed by atoms with Crippen molar-refractivity contribution < 1.29 is 13.0 Å². The van der Waals surface area contributed by atoms with Gasteiger partial charge in [-0.15, -0.1) is 0 Å². The molecule has 1 aromatic carbocycles. The van der Waals surface area contributed by atoms with E-state index in [1.165, 1.54) is 6.07 Å². The molecule has 2 aromatic rings. The fourth-order valence-electron chi connectivity index (χ4n) is 1.58. The highest BCUT2D eigenvalue weighted by molar-refractivity contribution is 7.86. The van der Waals surface area contributed by atoms with Crippen LogP contribution in [-0.2, 0) is 10.1 Å². The third-order valence-corrected chi connectivity index (χ3v) is 3.20. The number of hydrogen-bond donors (Lipinski definition) is 2. The van der Waals surface area contributed by atoms with Gasteiger partial charge in [0.05, 0.1) is 0 Å². The highest BCUT2D eigenvalue weighted by atomic mass is 32.2. The molecule has 2 N–H and O–H groups in total. The van der Waals surface area contributed by atoms with E-state index >= 15 is 0 Å². The molecule has 0 aliphatic heterocycles. The molecule has 0 aliphatic rings. The Balaban J connectivity index is 2.66. The second kappa shape index (κ2) is 3.77. The van der Waals surface area contributed by atoms with Gasteiger partial charge >= 0.3 is 0 Å². The van der Waals surface area contributed by atoms with Crippen LogP contribution >= 0.6 is 0 Å². The van der Waals surface area contributed by atoms with Gasteiger partial charge in [-0.25, -0.2) is 0 Å². The highest BCUT2D eigenvalue weighted by Crippen LogP contribution is 2.26. The average molecular weight is 237 g/mol. The van der Waals surface area contributed by atoms with E-state index in [4.69, 9.17) is 4.55 Å². The fourth-order valence-corrected chi connectivity index (χ4v) is 2.28. The van der Waals surface area contributed by atoms with Crippen LogP contribution < -0.4 is 0 Å². The van der Waals surface area contributed by atoms with Crippen LogP contribution in [0.4, 0.5) is 0 Å². The zero-order chi connectivity index (χ0) is 11.8. The van der Waals surface area contributed by atoms with Crippen LogP contribution in [0.25, 0.3) is 11.3 Å². The topological polar surface area (TPSA) is 70.2 Å². The van der Waals surface area contributed by atoms with Crippen LogP contribution in [0, 0.1) is 6.92 Å². The molecule has 1 aromatic heterocycles.